The molecule has 3 atom stereocenters. The lowest BCUT2D eigenvalue weighted by Crippen LogP contribution is -2.54. The van der Waals surface area contributed by atoms with Crippen LogP contribution in [0.3, 0.4) is 0 Å². The van der Waals surface area contributed by atoms with E-state index in [0.29, 0.717) is 38.2 Å². The number of thiazole rings is 1. The molecule has 220 valence electrons. The summed E-state index contributed by atoms with van der Waals surface area (Å²) < 4.78 is 6.46. The highest BCUT2D eigenvalue weighted by atomic mass is 32.1. The van der Waals surface area contributed by atoms with E-state index in [9.17, 15) is 14.7 Å². The number of hydrogen-bond acceptors (Lipinski definition) is 8. The monoisotopic (exact) mass is 579 g/mol. The number of aliphatic hydroxyl groups excluding tert-OH is 1. The molecule has 41 heavy (non-hydrogen) atoms. The standard InChI is InChI=1S/C31H41N5O4S/c1-4-23-10-11-26-28(17-23)41-29(35-26)18-27(33-22(3)37)31(39)34-25(16-24-8-6-5-7-9-24)19-32-30(38)21(2)20-36-12-14-40-15-13-36/h5-11,17,22,25,27,33,37H,2,4,12-16,18-20H2,1,3H3,(H,32,38)(H,34,39)/t22?,25-,27-/m0/s1. The Labute approximate surface area is 246 Å². The molecule has 2 amide bonds. The van der Waals surface area contributed by atoms with Crippen molar-refractivity contribution in [1.82, 2.24) is 25.8 Å². The van der Waals surface area contributed by atoms with Gasteiger partial charge in [0.2, 0.25) is 11.8 Å². The van der Waals surface area contributed by atoms with Gasteiger partial charge in [-0.25, -0.2) is 4.98 Å². The second-order valence-electron chi connectivity index (χ2n) is 10.5. The van der Waals surface area contributed by atoms with Crippen molar-refractivity contribution in [2.24, 2.45) is 0 Å². The normalized spacial score (nSPS) is 16.2. The third-order valence-corrected chi connectivity index (χ3v) is 8.10. The third kappa shape index (κ3) is 9.44. The number of aliphatic hydroxyl groups is 1. The minimum atomic E-state index is -0.886. The molecule has 9 nitrogen and oxygen atoms in total. The van der Waals surface area contributed by atoms with Crippen LogP contribution in [0.5, 0.6) is 0 Å². The SMILES string of the molecule is C=C(CN1CCOCC1)C(=O)NC[C@H](Cc1ccccc1)NC(=O)[C@H](Cc1nc2ccc(CC)cc2s1)NC(C)O. The summed E-state index contributed by atoms with van der Waals surface area (Å²) in [4.78, 5) is 33.3. The number of carbonyl (C=O) groups is 2. The van der Waals surface area contributed by atoms with E-state index < -0.39 is 12.3 Å². The zero-order valence-corrected chi connectivity index (χ0v) is 24.7. The molecule has 1 aliphatic heterocycles. The maximum atomic E-state index is 13.6. The van der Waals surface area contributed by atoms with Crippen molar-refractivity contribution in [2.45, 2.75) is 51.4 Å². The third-order valence-electron chi connectivity index (χ3n) is 7.06. The molecule has 10 heteroatoms. The lowest BCUT2D eigenvalue weighted by atomic mass is 10.0. The summed E-state index contributed by atoms with van der Waals surface area (Å²) in [5.74, 6) is -0.495. The van der Waals surface area contributed by atoms with E-state index in [-0.39, 0.29) is 24.4 Å². The van der Waals surface area contributed by atoms with Gasteiger partial charge in [0.25, 0.3) is 0 Å². The summed E-state index contributed by atoms with van der Waals surface area (Å²) in [5, 5.41) is 20.0. The minimum absolute atomic E-state index is 0.233. The highest BCUT2D eigenvalue weighted by molar-refractivity contribution is 7.18. The average molecular weight is 580 g/mol. The molecule has 2 aromatic carbocycles. The van der Waals surface area contributed by atoms with Crippen LogP contribution in [0.1, 0.15) is 30.0 Å². The topological polar surface area (TPSA) is 116 Å². The van der Waals surface area contributed by atoms with Crippen LogP contribution in [0.15, 0.2) is 60.7 Å². The molecule has 0 bridgehead atoms. The van der Waals surface area contributed by atoms with Gasteiger partial charge in [-0.3, -0.25) is 19.8 Å². The predicted molar refractivity (Wildman–Crippen MR) is 163 cm³/mol. The molecule has 4 rings (SSSR count). The van der Waals surface area contributed by atoms with Gasteiger partial charge in [0.05, 0.1) is 40.5 Å². The van der Waals surface area contributed by atoms with Gasteiger partial charge in [-0.2, -0.15) is 0 Å². The Bertz CT molecular complexity index is 1310. The van der Waals surface area contributed by atoms with Gasteiger partial charge in [-0.15, -0.1) is 11.3 Å². The van der Waals surface area contributed by atoms with Gasteiger partial charge in [-0.05, 0) is 43.0 Å². The highest BCUT2D eigenvalue weighted by Gasteiger charge is 2.25. The van der Waals surface area contributed by atoms with Crippen LogP contribution >= 0.6 is 11.3 Å². The lowest BCUT2D eigenvalue weighted by molar-refractivity contribution is -0.125. The fourth-order valence-corrected chi connectivity index (χ4v) is 5.91. The van der Waals surface area contributed by atoms with Crippen LogP contribution < -0.4 is 16.0 Å². The molecule has 1 unspecified atom stereocenters. The first-order valence-corrected chi connectivity index (χ1v) is 15.0. The van der Waals surface area contributed by atoms with E-state index in [0.717, 1.165) is 40.3 Å². The van der Waals surface area contributed by atoms with E-state index in [4.69, 9.17) is 9.72 Å². The van der Waals surface area contributed by atoms with Gasteiger partial charge >= 0.3 is 0 Å². The molecule has 4 N–H and O–H groups in total. The molecular weight excluding hydrogens is 538 g/mol. The number of morpholine rings is 1. The van der Waals surface area contributed by atoms with Crippen LogP contribution in [0.25, 0.3) is 10.2 Å². The Morgan fingerprint density at radius 1 is 1.12 bits per heavy atom. The quantitative estimate of drug-likeness (QED) is 0.171. The first-order valence-electron chi connectivity index (χ1n) is 14.2. The van der Waals surface area contributed by atoms with E-state index in [1.54, 1.807) is 18.3 Å². The van der Waals surface area contributed by atoms with E-state index in [2.05, 4.69) is 46.5 Å². The second-order valence-corrected chi connectivity index (χ2v) is 11.6. The van der Waals surface area contributed by atoms with Crippen molar-refractivity contribution < 1.29 is 19.4 Å². The minimum Gasteiger partial charge on any atom is -0.379 e. The van der Waals surface area contributed by atoms with Crippen molar-refractivity contribution in [1.29, 1.82) is 0 Å². The molecule has 1 fully saturated rings. The van der Waals surface area contributed by atoms with E-state index in [1.165, 1.54) is 5.56 Å². The van der Waals surface area contributed by atoms with Gasteiger partial charge in [0.15, 0.2) is 0 Å². The van der Waals surface area contributed by atoms with Crippen LogP contribution in [-0.4, -0.2) is 84.5 Å². The number of aromatic nitrogens is 1. The number of aryl methyl sites for hydroxylation is 1. The fraction of sp³-hybridized carbons (Fsp3) is 0.452. The molecule has 0 radical (unpaired) electrons. The number of hydrogen-bond donors (Lipinski definition) is 4. The molecule has 1 aromatic heterocycles. The summed E-state index contributed by atoms with van der Waals surface area (Å²) in [6, 6.07) is 15.0. The molecule has 1 saturated heterocycles. The molecule has 2 heterocycles. The Balaban J connectivity index is 1.43. The number of carbonyl (C=O) groups excluding carboxylic acids is 2. The summed E-state index contributed by atoms with van der Waals surface area (Å²) in [6.45, 7) is 11.2. The van der Waals surface area contributed by atoms with Crippen LogP contribution in [0, 0.1) is 0 Å². The molecular formula is C31H41N5O4S. The van der Waals surface area contributed by atoms with Crippen molar-refractivity contribution >= 4 is 33.4 Å². The Morgan fingerprint density at radius 3 is 2.59 bits per heavy atom. The predicted octanol–water partition coefficient (Wildman–Crippen LogP) is 2.43. The van der Waals surface area contributed by atoms with Crippen molar-refractivity contribution in [3.63, 3.8) is 0 Å². The maximum Gasteiger partial charge on any atom is 0.247 e. The number of rotatable bonds is 14. The maximum absolute atomic E-state index is 13.6. The molecule has 0 aliphatic carbocycles. The largest absolute Gasteiger partial charge is 0.379 e. The highest BCUT2D eigenvalue weighted by Crippen LogP contribution is 2.24. The van der Waals surface area contributed by atoms with Crippen molar-refractivity contribution in [3.8, 4) is 0 Å². The van der Waals surface area contributed by atoms with E-state index >= 15 is 0 Å². The summed E-state index contributed by atoms with van der Waals surface area (Å²) in [7, 11) is 0. The first kappa shape index (κ1) is 30.8. The molecule has 0 spiro atoms. The Kier molecular flexibility index (Phi) is 11.4. The van der Waals surface area contributed by atoms with Crippen molar-refractivity contribution in [3.05, 3.63) is 76.8 Å². The zero-order valence-electron chi connectivity index (χ0n) is 23.9. The number of nitrogens with one attached hydrogen (secondary N) is 3. The van der Waals surface area contributed by atoms with Gasteiger partial charge in [-0.1, -0.05) is 49.9 Å². The van der Waals surface area contributed by atoms with Gasteiger partial charge in [0.1, 0.15) is 6.23 Å². The van der Waals surface area contributed by atoms with Crippen LogP contribution in [0.2, 0.25) is 0 Å². The van der Waals surface area contributed by atoms with Crippen LogP contribution in [-0.2, 0) is 33.6 Å². The first-order chi connectivity index (χ1) is 19.8. The van der Waals surface area contributed by atoms with Crippen LogP contribution in [0.4, 0.5) is 0 Å². The average Bonchev–Trinajstić information content (AvgIpc) is 3.37. The Morgan fingerprint density at radius 2 is 1.88 bits per heavy atom. The fourth-order valence-electron chi connectivity index (χ4n) is 4.83. The summed E-state index contributed by atoms with van der Waals surface area (Å²) in [6.07, 6.45) is 0.920. The number of nitrogens with zero attached hydrogens (tertiary/aromatic N) is 2. The van der Waals surface area contributed by atoms with Crippen molar-refractivity contribution in [2.75, 3.05) is 39.4 Å². The smallest absolute Gasteiger partial charge is 0.247 e. The lowest BCUT2D eigenvalue weighted by Gasteiger charge is -2.27. The molecule has 0 saturated carbocycles. The molecule has 1 aliphatic rings. The number of benzene rings is 2. The zero-order chi connectivity index (χ0) is 29.2. The van der Waals surface area contributed by atoms with Gasteiger partial charge in [0, 0.05) is 38.2 Å². The second kappa shape index (κ2) is 15.2. The summed E-state index contributed by atoms with van der Waals surface area (Å²) >= 11 is 1.56. The number of ether oxygens (including phenoxy) is 1. The van der Waals surface area contributed by atoms with Gasteiger partial charge < -0.3 is 20.5 Å². The van der Waals surface area contributed by atoms with E-state index in [1.807, 2.05) is 36.4 Å². The number of amides is 2. The number of fused-ring (bicyclic) bond motifs is 1. The Hall–Kier alpha value is -3.15. The summed E-state index contributed by atoms with van der Waals surface area (Å²) in [5.41, 5.74) is 3.66. The molecule has 3 aromatic rings.